The molecule has 4 rings (SSSR count). The van der Waals surface area contributed by atoms with Crippen molar-refractivity contribution < 1.29 is 19.8 Å². The number of hydrogen-bond acceptors (Lipinski definition) is 8. The number of phenols is 1. The van der Waals surface area contributed by atoms with E-state index in [1.807, 2.05) is 18.5 Å². The number of carbonyl (C=O) groups excluding carboxylic acids is 2. The molecule has 4 aromatic rings. The average molecular weight is 479 g/mol. The highest BCUT2D eigenvalue weighted by atomic mass is 16.3. The summed E-state index contributed by atoms with van der Waals surface area (Å²) in [6, 6.07) is 4.39. The number of carbonyl (C=O) groups is 2. The van der Waals surface area contributed by atoms with E-state index in [-0.39, 0.29) is 28.7 Å². The molecule has 3 heterocycles. The van der Waals surface area contributed by atoms with Crippen molar-refractivity contribution >= 4 is 22.7 Å². The van der Waals surface area contributed by atoms with Crippen LogP contribution in [0.5, 0.6) is 11.5 Å². The minimum absolute atomic E-state index is 0.0236. The molecule has 35 heavy (non-hydrogen) atoms. The molecule has 3 N–H and O–H groups in total. The molecule has 1 aromatic carbocycles. The van der Waals surface area contributed by atoms with Crippen LogP contribution < -0.4 is 5.32 Å². The predicted molar refractivity (Wildman–Crippen MR) is 127 cm³/mol. The minimum atomic E-state index is -0.534. The third-order valence-corrected chi connectivity index (χ3v) is 5.82. The van der Waals surface area contributed by atoms with Crippen LogP contribution in [0.4, 0.5) is 0 Å². The number of nitrogens with one attached hydrogen (secondary N) is 1. The molecule has 0 unspecified atom stereocenters. The summed E-state index contributed by atoms with van der Waals surface area (Å²) in [5.41, 5.74) is 2.13. The molecule has 0 aliphatic carbocycles. The third kappa shape index (κ3) is 4.14. The topological polar surface area (TPSA) is 151 Å². The first kappa shape index (κ1) is 23.7. The molecule has 2 amide bonds. The van der Waals surface area contributed by atoms with Crippen molar-refractivity contribution in [3.63, 3.8) is 0 Å². The van der Waals surface area contributed by atoms with Crippen LogP contribution in [0.15, 0.2) is 24.4 Å². The molecule has 0 saturated heterocycles. The van der Waals surface area contributed by atoms with Gasteiger partial charge in [-0.25, -0.2) is 9.97 Å². The molecule has 12 heteroatoms. The molecule has 0 spiro atoms. The monoisotopic (exact) mass is 478 g/mol. The third-order valence-electron chi connectivity index (χ3n) is 5.82. The lowest BCUT2D eigenvalue weighted by Crippen LogP contribution is -2.27. The number of benzene rings is 1. The second-order valence-corrected chi connectivity index (χ2v) is 8.08. The molecule has 12 nitrogen and oxygen atoms in total. The zero-order chi connectivity index (χ0) is 25.4. The summed E-state index contributed by atoms with van der Waals surface area (Å²) in [5.74, 6) is -1.44. The van der Waals surface area contributed by atoms with Crippen LogP contribution >= 0.6 is 0 Å². The molecule has 0 bridgehead atoms. The Morgan fingerprint density at radius 2 is 1.94 bits per heavy atom. The van der Waals surface area contributed by atoms with Crippen molar-refractivity contribution in [2.45, 2.75) is 26.9 Å². The van der Waals surface area contributed by atoms with Crippen LogP contribution in [-0.2, 0) is 20.1 Å². The van der Waals surface area contributed by atoms with E-state index in [1.165, 1.54) is 35.8 Å². The fraction of sp³-hybridized carbons (Fsp3) is 0.304. The highest BCUT2D eigenvalue weighted by molar-refractivity contribution is 6.05. The smallest absolute Gasteiger partial charge is 0.273 e. The normalized spacial score (nSPS) is 11.1. The van der Waals surface area contributed by atoms with E-state index in [2.05, 4.69) is 25.5 Å². The number of aromatic hydroxyl groups is 2. The second-order valence-electron chi connectivity index (χ2n) is 8.08. The Morgan fingerprint density at radius 1 is 1.20 bits per heavy atom. The summed E-state index contributed by atoms with van der Waals surface area (Å²) in [5, 5.41) is 32.1. The second kappa shape index (κ2) is 9.05. The molecule has 0 radical (unpaired) electrons. The average Bonchev–Trinajstić information content (AvgIpc) is 3.35. The van der Waals surface area contributed by atoms with Gasteiger partial charge in [0.05, 0.1) is 11.7 Å². The molecular weight excluding hydrogens is 452 g/mol. The zero-order valence-electron chi connectivity index (χ0n) is 20.1. The number of aromatic nitrogens is 6. The lowest BCUT2D eigenvalue weighted by atomic mass is 10.1. The number of hydrogen-bond donors (Lipinski definition) is 3. The van der Waals surface area contributed by atoms with Gasteiger partial charge in [0.15, 0.2) is 23.0 Å². The molecule has 0 aliphatic rings. The van der Waals surface area contributed by atoms with Gasteiger partial charge in [-0.15, -0.1) is 0 Å². The van der Waals surface area contributed by atoms with Crippen LogP contribution in [0.1, 0.15) is 39.2 Å². The zero-order valence-corrected chi connectivity index (χ0v) is 20.1. The lowest BCUT2D eigenvalue weighted by Gasteiger charge is -2.18. The fourth-order valence-corrected chi connectivity index (χ4v) is 3.89. The van der Waals surface area contributed by atoms with Gasteiger partial charge in [-0.2, -0.15) is 10.2 Å². The van der Waals surface area contributed by atoms with Gasteiger partial charge < -0.3 is 20.4 Å². The summed E-state index contributed by atoms with van der Waals surface area (Å²) in [7, 11) is 4.58. The van der Waals surface area contributed by atoms with E-state index in [1.54, 1.807) is 19.3 Å². The quantitative estimate of drug-likeness (QED) is 0.378. The van der Waals surface area contributed by atoms with E-state index in [0.29, 0.717) is 24.0 Å². The van der Waals surface area contributed by atoms with Crippen LogP contribution in [0.25, 0.3) is 22.4 Å². The Bertz CT molecular complexity index is 1460. The highest BCUT2D eigenvalue weighted by Crippen LogP contribution is 2.32. The molecule has 182 valence electrons. The molecule has 3 aromatic heterocycles. The van der Waals surface area contributed by atoms with E-state index in [0.717, 1.165) is 11.3 Å². The molecule has 0 saturated carbocycles. The molecular formula is C23H26N8O4. The number of amides is 2. The Kier molecular flexibility index (Phi) is 6.12. The van der Waals surface area contributed by atoms with E-state index in [9.17, 15) is 19.8 Å². The fourth-order valence-electron chi connectivity index (χ4n) is 3.89. The van der Waals surface area contributed by atoms with Gasteiger partial charge in [-0.05, 0) is 32.0 Å². The van der Waals surface area contributed by atoms with Gasteiger partial charge in [0.2, 0.25) is 0 Å². The van der Waals surface area contributed by atoms with Gasteiger partial charge in [0, 0.05) is 50.9 Å². The minimum Gasteiger partial charge on any atom is -0.508 e. The Balaban J connectivity index is 1.82. The van der Waals surface area contributed by atoms with Crippen molar-refractivity contribution in [1.82, 2.24) is 39.7 Å². The maximum atomic E-state index is 13.5. The Morgan fingerprint density at radius 3 is 2.60 bits per heavy atom. The van der Waals surface area contributed by atoms with Crippen LogP contribution in [0.3, 0.4) is 0 Å². The van der Waals surface area contributed by atoms with Gasteiger partial charge in [0.1, 0.15) is 11.4 Å². The summed E-state index contributed by atoms with van der Waals surface area (Å²) < 4.78 is 3.06. The molecule has 0 fully saturated rings. The predicted octanol–water partition coefficient (Wildman–Crippen LogP) is 1.60. The number of fused-ring (bicyclic) bond motifs is 1. The first-order valence-electron chi connectivity index (χ1n) is 10.9. The SMILES string of the molecule is CCn1ncc(CN(C)C(=O)c2nc(-c3nn(C)c(C(=O)NC)c3O)nc3ccc(O)cc23)c1C. The van der Waals surface area contributed by atoms with Crippen LogP contribution in [-0.4, -0.2) is 70.6 Å². The van der Waals surface area contributed by atoms with Gasteiger partial charge in [0.25, 0.3) is 11.8 Å². The maximum Gasteiger partial charge on any atom is 0.273 e. The first-order valence-corrected chi connectivity index (χ1v) is 10.9. The van der Waals surface area contributed by atoms with Gasteiger partial charge in [-0.3, -0.25) is 19.0 Å². The largest absolute Gasteiger partial charge is 0.508 e. The summed E-state index contributed by atoms with van der Waals surface area (Å²) in [4.78, 5) is 36.0. The number of aryl methyl sites for hydroxylation is 2. The Hall–Kier alpha value is -4.48. The standard InChI is InChI=1S/C23H26N8O4/c1-6-31-12(2)13(10-25-31)11-29(4)23(35)17-15-9-14(32)7-8-16(15)26-21(27-17)18-20(33)19(22(34)24-3)30(5)28-18/h7-10,32-33H,6,11H2,1-5H3,(H,24,34). The highest BCUT2D eigenvalue weighted by Gasteiger charge is 2.26. The Labute approximate surface area is 200 Å². The molecule has 0 atom stereocenters. The van der Waals surface area contributed by atoms with E-state index >= 15 is 0 Å². The van der Waals surface area contributed by atoms with Gasteiger partial charge in [-0.1, -0.05) is 0 Å². The van der Waals surface area contributed by atoms with Crippen molar-refractivity contribution in [1.29, 1.82) is 0 Å². The number of rotatable bonds is 6. The first-order chi connectivity index (χ1) is 16.7. The van der Waals surface area contributed by atoms with Gasteiger partial charge >= 0.3 is 0 Å². The maximum absolute atomic E-state index is 13.5. The van der Waals surface area contributed by atoms with Crippen molar-refractivity contribution in [2.24, 2.45) is 7.05 Å². The molecule has 0 aliphatic heterocycles. The number of nitrogens with zero attached hydrogens (tertiary/aromatic N) is 7. The van der Waals surface area contributed by atoms with Crippen LogP contribution in [0, 0.1) is 6.92 Å². The summed E-state index contributed by atoms with van der Waals surface area (Å²) in [6.07, 6.45) is 1.73. The summed E-state index contributed by atoms with van der Waals surface area (Å²) >= 11 is 0. The van der Waals surface area contributed by atoms with Crippen molar-refractivity contribution in [2.75, 3.05) is 14.1 Å². The lowest BCUT2D eigenvalue weighted by molar-refractivity contribution is 0.0781. The van der Waals surface area contributed by atoms with Crippen molar-refractivity contribution in [3.8, 4) is 23.0 Å². The number of phenolic OH excluding ortho intramolecular Hbond substituents is 1. The van der Waals surface area contributed by atoms with Crippen molar-refractivity contribution in [3.05, 3.63) is 47.0 Å². The van der Waals surface area contributed by atoms with Crippen LogP contribution in [0.2, 0.25) is 0 Å². The summed E-state index contributed by atoms with van der Waals surface area (Å²) in [6.45, 7) is 4.94. The van der Waals surface area contributed by atoms with E-state index in [4.69, 9.17) is 0 Å². The van der Waals surface area contributed by atoms with E-state index < -0.39 is 17.6 Å².